The van der Waals surface area contributed by atoms with Crippen LogP contribution in [-0.2, 0) is 0 Å². The summed E-state index contributed by atoms with van der Waals surface area (Å²) in [5.74, 6) is 0. The number of nitrogens with one attached hydrogen (secondary N) is 1. The summed E-state index contributed by atoms with van der Waals surface area (Å²) in [4.78, 5) is 3.44. The van der Waals surface area contributed by atoms with Gasteiger partial charge in [0, 0.05) is 22.2 Å². The molecule has 0 atom stereocenters. The predicted molar refractivity (Wildman–Crippen MR) is 73.8 cm³/mol. The number of H-pyrrole nitrogens is 1. The molecule has 0 saturated heterocycles. The van der Waals surface area contributed by atoms with Gasteiger partial charge in [-0.25, -0.2) is 0 Å². The number of aromatic amines is 1. The highest BCUT2D eigenvalue weighted by Crippen LogP contribution is 2.27. The molecule has 0 aliphatic heterocycles. The molecule has 0 spiro atoms. The lowest BCUT2D eigenvalue weighted by molar-refractivity contribution is 1.44. The van der Waals surface area contributed by atoms with Crippen molar-refractivity contribution in [1.29, 1.82) is 0 Å². The Kier molecular flexibility index (Phi) is 2.30. The van der Waals surface area contributed by atoms with Crippen molar-refractivity contribution in [2.24, 2.45) is 0 Å². The summed E-state index contributed by atoms with van der Waals surface area (Å²) < 4.78 is 0. The highest BCUT2D eigenvalue weighted by atomic mass is 14.7. The van der Waals surface area contributed by atoms with Crippen molar-refractivity contribution in [3.63, 3.8) is 0 Å². The van der Waals surface area contributed by atoms with Gasteiger partial charge in [0.05, 0.1) is 0 Å². The van der Waals surface area contributed by atoms with Gasteiger partial charge in [-0.15, -0.1) is 0 Å². The van der Waals surface area contributed by atoms with Crippen LogP contribution in [0.4, 0.5) is 0 Å². The number of hydrogen-bond donors (Lipinski definition) is 1. The van der Waals surface area contributed by atoms with E-state index in [4.69, 9.17) is 0 Å². The van der Waals surface area contributed by atoms with Gasteiger partial charge in [0.15, 0.2) is 0 Å². The minimum absolute atomic E-state index is 1.14. The second kappa shape index (κ2) is 3.95. The Morgan fingerprint density at radius 1 is 0.941 bits per heavy atom. The molecule has 0 radical (unpaired) electrons. The van der Waals surface area contributed by atoms with Crippen molar-refractivity contribution in [2.45, 2.75) is 0 Å². The van der Waals surface area contributed by atoms with Gasteiger partial charge in [-0.3, -0.25) is 0 Å². The number of fused-ring (bicyclic) bond motifs is 1. The van der Waals surface area contributed by atoms with Crippen LogP contribution in [0.5, 0.6) is 0 Å². The maximum absolute atomic E-state index is 3.86. The minimum Gasteiger partial charge on any atom is -0.355 e. The SMILES string of the molecule is C=Cc1ccccc1-c1cc2ccccc2[nH]1. The molecule has 3 aromatic rings. The van der Waals surface area contributed by atoms with Gasteiger partial charge in [0.1, 0.15) is 0 Å². The zero-order chi connectivity index (χ0) is 11.7. The summed E-state index contributed by atoms with van der Waals surface area (Å²) in [5.41, 5.74) is 4.65. The highest BCUT2D eigenvalue weighted by molar-refractivity contribution is 5.87. The van der Waals surface area contributed by atoms with E-state index in [1.165, 1.54) is 16.5 Å². The predicted octanol–water partition coefficient (Wildman–Crippen LogP) is 4.48. The second-order valence-electron chi connectivity index (χ2n) is 4.06. The average molecular weight is 219 g/mol. The van der Waals surface area contributed by atoms with E-state index in [2.05, 4.69) is 48.0 Å². The molecule has 0 amide bonds. The molecular weight excluding hydrogens is 206 g/mol. The number of benzene rings is 2. The first-order chi connectivity index (χ1) is 8.38. The molecule has 0 unspecified atom stereocenters. The zero-order valence-electron chi connectivity index (χ0n) is 9.48. The molecule has 3 rings (SSSR count). The Morgan fingerprint density at radius 3 is 2.53 bits per heavy atom. The fourth-order valence-corrected chi connectivity index (χ4v) is 2.14. The Labute approximate surface area is 100 Å². The molecule has 0 bridgehead atoms. The van der Waals surface area contributed by atoms with E-state index in [1.54, 1.807) is 0 Å². The van der Waals surface area contributed by atoms with Gasteiger partial charge in [-0.1, -0.05) is 55.1 Å². The normalized spacial score (nSPS) is 10.6. The van der Waals surface area contributed by atoms with Gasteiger partial charge in [0.2, 0.25) is 0 Å². The molecule has 1 N–H and O–H groups in total. The molecule has 82 valence electrons. The van der Waals surface area contributed by atoms with E-state index >= 15 is 0 Å². The third-order valence-electron chi connectivity index (χ3n) is 3.00. The summed E-state index contributed by atoms with van der Waals surface area (Å²) in [6.07, 6.45) is 1.89. The van der Waals surface area contributed by atoms with Crippen LogP contribution < -0.4 is 0 Å². The minimum atomic E-state index is 1.14. The van der Waals surface area contributed by atoms with Crippen molar-refractivity contribution in [3.05, 3.63) is 66.7 Å². The quantitative estimate of drug-likeness (QED) is 0.654. The van der Waals surface area contributed by atoms with E-state index < -0.39 is 0 Å². The molecule has 0 saturated carbocycles. The maximum Gasteiger partial charge on any atom is 0.0470 e. The lowest BCUT2D eigenvalue weighted by Crippen LogP contribution is -1.81. The van der Waals surface area contributed by atoms with Gasteiger partial charge < -0.3 is 4.98 Å². The van der Waals surface area contributed by atoms with Crippen LogP contribution in [0.3, 0.4) is 0 Å². The lowest BCUT2D eigenvalue weighted by atomic mass is 10.0. The Balaban J connectivity index is 2.23. The number of rotatable bonds is 2. The van der Waals surface area contributed by atoms with E-state index in [9.17, 15) is 0 Å². The standard InChI is InChI=1S/C16H13N/c1-2-12-7-3-5-9-14(12)16-11-13-8-4-6-10-15(13)17-16/h2-11,17H,1H2. The summed E-state index contributed by atoms with van der Waals surface area (Å²) in [6, 6.07) is 18.8. The van der Waals surface area contributed by atoms with Crippen LogP contribution in [0.25, 0.3) is 28.2 Å². The third kappa shape index (κ3) is 1.66. The largest absolute Gasteiger partial charge is 0.355 e. The molecule has 2 aromatic carbocycles. The van der Waals surface area contributed by atoms with E-state index in [0.717, 1.165) is 11.3 Å². The van der Waals surface area contributed by atoms with Crippen molar-refractivity contribution < 1.29 is 0 Å². The van der Waals surface area contributed by atoms with Crippen molar-refractivity contribution in [2.75, 3.05) is 0 Å². The maximum atomic E-state index is 3.86. The topological polar surface area (TPSA) is 15.8 Å². The second-order valence-corrected chi connectivity index (χ2v) is 4.06. The zero-order valence-corrected chi connectivity index (χ0v) is 9.48. The van der Waals surface area contributed by atoms with Gasteiger partial charge in [-0.2, -0.15) is 0 Å². The van der Waals surface area contributed by atoms with Gasteiger partial charge in [0.25, 0.3) is 0 Å². The highest BCUT2D eigenvalue weighted by Gasteiger charge is 2.05. The fourth-order valence-electron chi connectivity index (χ4n) is 2.14. The van der Waals surface area contributed by atoms with Gasteiger partial charge in [-0.05, 0) is 17.7 Å². The van der Waals surface area contributed by atoms with E-state index in [0.29, 0.717) is 0 Å². The lowest BCUT2D eigenvalue weighted by Gasteiger charge is -2.02. The average Bonchev–Trinajstić information content (AvgIpc) is 2.82. The summed E-state index contributed by atoms with van der Waals surface area (Å²) >= 11 is 0. The molecule has 17 heavy (non-hydrogen) atoms. The Hall–Kier alpha value is -2.28. The van der Waals surface area contributed by atoms with Crippen LogP contribution >= 0.6 is 0 Å². The Bertz CT molecular complexity index is 644. The fraction of sp³-hybridized carbons (Fsp3) is 0. The molecule has 1 heteroatoms. The van der Waals surface area contributed by atoms with Crippen molar-refractivity contribution in [1.82, 2.24) is 4.98 Å². The van der Waals surface area contributed by atoms with Crippen molar-refractivity contribution >= 4 is 17.0 Å². The summed E-state index contributed by atoms with van der Waals surface area (Å²) in [7, 11) is 0. The summed E-state index contributed by atoms with van der Waals surface area (Å²) in [5, 5.41) is 1.24. The van der Waals surface area contributed by atoms with Crippen molar-refractivity contribution in [3.8, 4) is 11.3 Å². The van der Waals surface area contributed by atoms with E-state index in [1.807, 2.05) is 24.3 Å². The first-order valence-electron chi connectivity index (χ1n) is 5.68. The van der Waals surface area contributed by atoms with Gasteiger partial charge >= 0.3 is 0 Å². The van der Waals surface area contributed by atoms with E-state index in [-0.39, 0.29) is 0 Å². The molecule has 1 nitrogen and oxygen atoms in total. The number of para-hydroxylation sites is 1. The van der Waals surface area contributed by atoms with Crippen LogP contribution in [0.15, 0.2) is 61.2 Å². The van der Waals surface area contributed by atoms with Crippen LogP contribution in [0.1, 0.15) is 5.56 Å². The number of aromatic nitrogens is 1. The molecule has 0 fully saturated rings. The van der Waals surface area contributed by atoms with Crippen LogP contribution in [0, 0.1) is 0 Å². The third-order valence-corrected chi connectivity index (χ3v) is 3.00. The smallest absolute Gasteiger partial charge is 0.0470 e. The molecule has 0 aliphatic rings. The molecule has 1 aromatic heterocycles. The summed E-state index contributed by atoms with van der Waals surface area (Å²) in [6.45, 7) is 3.86. The Morgan fingerprint density at radius 2 is 1.71 bits per heavy atom. The monoisotopic (exact) mass is 219 g/mol. The first kappa shape index (κ1) is 9.91. The number of hydrogen-bond acceptors (Lipinski definition) is 0. The first-order valence-corrected chi connectivity index (χ1v) is 5.68. The van der Waals surface area contributed by atoms with Crippen LogP contribution in [-0.4, -0.2) is 4.98 Å². The molecule has 1 heterocycles. The van der Waals surface area contributed by atoms with Crippen LogP contribution in [0.2, 0.25) is 0 Å². The molecule has 0 aliphatic carbocycles. The molecular formula is C16H13N.